The first-order valence-electron chi connectivity index (χ1n) is 5.49. The Morgan fingerprint density at radius 3 is 2.29 bits per heavy atom. The van der Waals surface area contributed by atoms with Crippen LogP contribution in [0.15, 0.2) is 0 Å². The van der Waals surface area contributed by atoms with E-state index in [0.29, 0.717) is 6.79 Å². The highest BCUT2D eigenvalue weighted by molar-refractivity contribution is 4.63. The van der Waals surface area contributed by atoms with Crippen molar-refractivity contribution < 1.29 is 9.57 Å². The minimum atomic E-state index is -0.108. The fraction of sp³-hybridized carbons (Fsp3) is 1.00. The lowest BCUT2D eigenvalue weighted by atomic mass is 10.0. The molecule has 1 rings (SSSR count). The average Bonchev–Trinajstić information content (AvgIpc) is 2.06. The highest BCUT2D eigenvalue weighted by atomic mass is 16.8. The molecule has 3 nitrogen and oxygen atoms in total. The molecular formula is C11H23NO2. The third-order valence-corrected chi connectivity index (χ3v) is 2.47. The molecule has 14 heavy (non-hydrogen) atoms. The first kappa shape index (κ1) is 12.0. The molecule has 3 heteroatoms. The van der Waals surface area contributed by atoms with Crippen molar-refractivity contribution in [2.75, 3.05) is 19.9 Å². The molecule has 1 aliphatic heterocycles. The number of nitrogens with zero attached hydrogens (tertiary/aromatic N) is 1. The van der Waals surface area contributed by atoms with E-state index in [2.05, 4.69) is 6.92 Å². The minimum Gasteiger partial charge on any atom is -0.348 e. The van der Waals surface area contributed by atoms with Crippen LogP contribution in [0.1, 0.15) is 40.5 Å². The van der Waals surface area contributed by atoms with Crippen molar-refractivity contribution in [2.45, 2.75) is 46.1 Å². The average molecular weight is 201 g/mol. The molecule has 0 N–H and O–H groups in total. The summed E-state index contributed by atoms with van der Waals surface area (Å²) in [6, 6.07) is 0. The van der Waals surface area contributed by atoms with Gasteiger partial charge in [0.1, 0.15) is 0 Å². The summed E-state index contributed by atoms with van der Waals surface area (Å²) in [5.74, 6) is 0.846. The zero-order valence-corrected chi connectivity index (χ0v) is 9.88. The van der Waals surface area contributed by atoms with Gasteiger partial charge in [0.2, 0.25) is 0 Å². The molecule has 0 bridgehead atoms. The first-order chi connectivity index (χ1) is 6.47. The number of piperidine rings is 1. The third-order valence-electron chi connectivity index (χ3n) is 2.47. The Balaban J connectivity index is 2.08. The Labute approximate surface area is 87.3 Å². The van der Waals surface area contributed by atoms with Gasteiger partial charge in [-0.1, -0.05) is 6.92 Å². The van der Waals surface area contributed by atoms with Crippen LogP contribution < -0.4 is 0 Å². The molecule has 0 aliphatic carbocycles. The van der Waals surface area contributed by atoms with E-state index in [0.717, 1.165) is 19.0 Å². The van der Waals surface area contributed by atoms with Gasteiger partial charge in [0.05, 0.1) is 5.60 Å². The summed E-state index contributed by atoms with van der Waals surface area (Å²) < 4.78 is 5.50. The van der Waals surface area contributed by atoms with Crippen molar-refractivity contribution >= 4 is 0 Å². The summed E-state index contributed by atoms with van der Waals surface area (Å²) in [5.41, 5.74) is -0.108. The van der Waals surface area contributed by atoms with E-state index >= 15 is 0 Å². The Bertz CT molecular complexity index is 157. The van der Waals surface area contributed by atoms with Crippen LogP contribution in [0.3, 0.4) is 0 Å². The van der Waals surface area contributed by atoms with Crippen LogP contribution in [0, 0.1) is 5.92 Å². The molecule has 0 spiro atoms. The molecule has 1 heterocycles. The lowest BCUT2D eigenvalue weighted by Crippen LogP contribution is -2.35. The first-order valence-corrected chi connectivity index (χ1v) is 5.49. The van der Waals surface area contributed by atoms with E-state index in [1.165, 1.54) is 12.8 Å². The molecule has 0 atom stereocenters. The van der Waals surface area contributed by atoms with Crippen molar-refractivity contribution in [1.29, 1.82) is 0 Å². The Morgan fingerprint density at radius 2 is 1.79 bits per heavy atom. The molecule has 0 aromatic rings. The molecule has 0 saturated carbocycles. The van der Waals surface area contributed by atoms with Crippen molar-refractivity contribution in [1.82, 2.24) is 5.06 Å². The van der Waals surface area contributed by atoms with Crippen LogP contribution in [0.4, 0.5) is 0 Å². The van der Waals surface area contributed by atoms with Gasteiger partial charge in [0, 0.05) is 13.1 Å². The van der Waals surface area contributed by atoms with E-state index in [-0.39, 0.29) is 5.60 Å². The number of hydrogen-bond acceptors (Lipinski definition) is 3. The van der Waals surface area contributed by atoms with E-state index in [1.54, 1.807) is 0 Å². The largest absolute Gasteiger partial charge is 0.348 e. The minimum absolute atomic E-state index is 0.108. The van der Waals surface area contributed by atoms with Crippen LogP contribution >= 0.6 is 0 Å². The standard InChI is InChI=1S/C11H23NO2/c1-10-5-7-12(8-6-10)14-9-13-11(2,3)4/h10H,5-9H2,1-4H3. The maximum Gasteiger partial charge on any atom is 0.167 e. The zero-order valence-electron chi connectivity index (χ0n) is 9.88. The second kappa shape index (κ2) is 5.10. The Morgan fingerprint density at radius 1 is 1.21 bits per heavy atom. The molecule has 0 aromatic carbocycles. The quantitative estimate of drug-likeness (QED) is 0.655. The normalized spacial score (nSPS) is 21.4. The van der Waals surface area contributed by atoms with Gasteiger partial charge in [0.15, 0.2) is 6.79 Å². The summed E-state index contributed by atoms with van der Waals surface area (Å²) >= 11 is 0. The van der Waals surface area contributed by atoms with Gasteiger partial charge in [-0.15, -0.1) is 0 Å². The highest BCUT2D eigenvalue weighted by Gasteiger charge is 2.17. The second-order valence-corrected chi connectivity index (χ2v) is 5.12. The summed E-state index contributed by atoms with van der Waals surface area (Å²) in [6.07, 6.45) is 2.46. The molecule has 1 saturated heterocycles. The van der Waals surface area contributed by atoms with E-state index in [1.807, 2.05) is 25.8 Å². The molecule has 0 radical (unpaired) electrons. The lowest BCUT2D eigenvalue weighted by molar-refractivity contribution is -0.253. The molecule has 0 unspecified atom stereocenters. The van der Waals surface area contributed by atoms with Crippen LogP contribution in [-0.4, -0.2) is 30.5 Å². The molecule has 1 fully saturated rings. The summed E-state index contributed by atoms with van der Waals surface area (Å²) in [4.78, 5) is 5.52. The maximum atomic E-state index is 5.52. The predicted molar refractivity (Wildman–Crippen MR) is 56.8 cm³/mol. The SMILES string of the molecule is CC1CCN(OCOC(C)(C)C)CC1. The van der Waals surface area contributed by atoms with Crippen LogP contribution in [0.25, 0.3) is 0 Å². The van der Waals surface area contributed by atoms with Crippen molar-refractivity contribution in [3.8, 4) is 0 Å². The summed E-state index contributed by atoms with van der Waals surface area (Å²) in [7, 11) is 0. The van der Waals surface area contributed by atoms with Gasteiger partial charge in [-0.25, -0.2) is 0 Å². The predicted octanol–water partition coefficient (Wildman–Crippen LogP) is 2.42. The molecular weight excluding hydrogens is 178 g/mol. The zero-order chi connectivity index (χ0) is 10.6. The number of rotatable bonds is 3. The smallest absolute Gasteiger partial charge is 0.167 e. The van der Waals surface area contributed by atoms with Gasteiger partial charge in [-0.3, -0.25) is 4.84 Å². The van der Waals surface area contributed by atoms with Crippen molar-refractivity contribution in [3.63, 3.8) is 0 Å². The third kappa shape index (κ3) is 4.94. The van der Waals surface area contributed by atoms with Crippen molar-refractivity contribution in [3.05, 3.63) is 0 Å². The fourth-order valence-electron chi connectivity index (χ4n) is 1.39. The van der Waals surface area contributed by atoms with Gasteiger partial charge in [-0.2, -0.15) is 5.06 Å². The fourth-order valence-corrected chi connectivity index (χ4v) is 1.39. The van der Waals surface area contributed by atoms with Crippen LogP contribution in [-0.2, 0) is 9.57 Å². The van der Waals surface area contributed by atoms with Gasteiger partial charge >= 0.3 is 0 Å². The highest BCUT2D eigenvalue weighted by Crippen LogP contribution is 2.16. The van der Waals surface area contributed by atoms with Crippen LogP contribution in [0.2, 0.25) is 0 Å². The van der Waals surface area contributed by atoms with Gasteiger partial charge in [-0.05, 0) is 39.5 Å². The lowest BCUT2D eigenvalue weighted by Gasteiger charge is -2.30. The van der Waals surface area contributed by atoms with E-state index in [4.69, 9.17) is 9.57 Å². The molecule has 84 valence electrons. The summed E-state index contributed by atoms with van der Waals surface area (Å²) in [6.45, 7) is 10.8. The Kier molecular flexibility index (Phi) is 4.35. The number of hydrogen-bond donors (Lipinski definition) is 0. The van der Waals surface area contributed by atoms with Crippen LogP contribution in [0.5, 0.6) is 0 Å². The molecule has 0 amide bonds. The molecule has 0 aromatic heterocycles. The summed E-state index contributed by atoms with van der Waals surface area (Å²) in [5, 5.41) is 2.02. The topological polar surface area (TPSA) is 21.7 Å². The van der Waals surface area contributed by atoms with E-state index < -0.39 is 0 Å². The van der Waals surface area contributed by atoms with Gasteiger partial charge in [0.25, 0.3) is 0 Å². The number of hydroxylamine groups is 2. The second-order valence-electron chi connectivity index (χ2n) is 5.12. The van der Waals surface area contributed by atoms with E-state index in [9.17, 15) is 0 Å². The maximum absolute atomic E-state index is 5.52. The number of ether oxygens (including phenoxy) is 1. The molecule has 1 aliphatic rings. The van der Waals surface area contributed by atoms with Gasteiger partial charge < -0.3 is 4.74 Å². The van der Waals surface area contributed by atoms with Crippen molar-refractivity contribution in [2.24, 2.45) is 5.92 Å². The monoisotopic (exact) mass is 201 g/mol. The Hall–Kier alpha value is -0.120.